The van der Waals surface area contributed by atoms with Crippen molar-refractivity contribution in [2.24, 2.45) is 5.92 Å². The first-order valence-electron chi connectivity index (χ1n) is 9.46. The Morgan fingerprint density at radius 1 is 1.14 bits per heavy atom. The molecular formula is C19H26ClF3N2O3S. The lowest BCUT2D eigenvalue weighted by Crippen LogP contribution is -2.48. The molecule has 0 saturated carbocycles. The van der Waals surface area contributed by atoms with E-state index in [0.29, 0.717) is 18.9 Å². The van der Waals surface area contributed by atoms with Gasteiger partial charge < -0.3 is 4.90 Å². The number of piperidine rings is 1. The molecule has 0 atom stereocenters. The van der Waals surface area contributed by atoms with Crippen LogP contribution in [0.3, 0.4) is 0 Å². The van der Waals surface area contributed by atoms with E-state index in [1.807, 2.05) is 27.7 Å². The smallest absolute Gasteiger partial charge is 0.338 e. The minimum atomic E-state index is -4.75. The van der Waals surface area contributed by atoms with Crippen molar-refractivity contribution in [2.45, 2.75) is 63.7 Å². The zero-order chi connectivity index (χ0) is 22.1. The van der Waals surface area contributed by atoms with Crippen LogP contribution < -0.4 is 0 Å². The second-order valence-electron chi connectivity index (χ2n) is 7.75. The number of amides is 1. The lowest BCUT2D eigenvalue weighted by molar-refractivity contribution is -0.140. The zero-order valence-electron chi connectivity index (χ0n) is 16.8. The van der Waals surface area contributed by atoms with Crippen LogP contribution in [0.4, 0.5) is 13.2 Å². The van der Waals surface area contributed by atoms with Crippen molar-refractivity contribution in [3.63, 3.8) is 0 Å². The van der Waals surface area contributed by atoms with Crippen molar-refractivity contribution in [2.75, 3.05) is 13.1 Å². The number of hydrogen-bond acceptors (Lipinski definition) is 3. The molecule has 164 valence electrons. The van der Waals surface area contributed by atoms with Crippen molar-refractivity contribution in [1.29, 1.82) is 0 Å². The number of sulfonamides is 1. The molecule has 0 aromatic heterocycles. The summed E-state index contributed by atoms with van der Waals surface area (Å²) in [4.78, 5) is 14.1. The summed E-state index contributed by atoms with van der Waals surface area (Å²) in [5.41, 5.74) is -1.19. The second-order valence-corrected chi connectivity index (χ2v) is 10.1. The number of nitrogens with zero attached hydrogens (tertiary/aromatic N) is 2. The predicted octanol–water partition coefficient (Wildman–Crippen LogP) is 4.40. The SMILES string of the molecule is CC(C)N(C(=O)C1CCN(S(=O)(=O)c2ccc(Cl)c(C(F)(F)F)c2)CC1)C(C)C. The summed E-state index contributed by atoms with van der Waals surface area (Å²) in [6.45, 7) is 7.86. The molecule has 1 heterocycles. The Labute approximate surface area is 174 Å². The molecule has 1 fully saturated rings. The third-order valence-corrected chi connectivity index (χ3v) is 7.28. The van der Waals surface area contributed by atoms with Crippen LogP contribution in [0.15, 0.2) is 23.1 Å². The summed E-state index contributed by atoms with van der Waals surface area (Å²) in [6, 6.07) is 2.63. The highest BCUT2D eigenvalue weighted by molar-refractivity contribution is 7.89. The quantitative estimate of drug-likeness (QED) is 0.662. The molecule has 5 nitrogen and oxygen atoms in total. The maximum atomic E-state index is 13.1. The van der Waals surface area contributed by atoms with Crippen LogP contribution in [0.1, 0.15) is 46.1 Å². The summed E-state index contributed by atoms with van der Waals surface area (Å²) >= 11 is 5.58. The van der Waals surface area contributed by atoms with Crippen molar-refractivity contribution < 1.29 is 26.4 Å². The average molecular weight is 455 g/mol. The van der Waals surface area contributed by atoms with Crippen LogP contribution in [0.5, 0.6) is 0 Å². The number of benzene rings is 1. The minimum absolute atomic E-state index is 0.0158. The number of carbonyl (C=O) groups is 1. The van der Waals surface area contributed by atoms with E-state index in [-0.39, 0.29) is 37.0 Å². The van der Waals surface area contributed by atoms with E-state index in [1.54, 1.807) is 4.90 Å². The molecule has 1 aromatic rings. The molecular weight excluding hydrogens is 429 g/mol. The van der Waals surface area contributed by atoms with Crippen LogP contribution in [-0.2, 0) is 21.0 Å². The van der Waals surface area contributed by atoms with E-state index in [4.69, 9.17) is 11.6 Å². The normalized spacial score (nSPS) is 17.2. The Bertz CT molecular complexity index is 841. The topological polar surface area (TPSA) is 57.7 Å². The first-order valence-corrected chi connectivity index (χ1v) is 11.3. The summed E-state index contributed by atoms with van der Waals surface area (Å²) < 4.78 is 66.0. The summed E-state index contributed by atoms with van der Waals surface area (Å²) in [5, 5.41) is -0.553. The first kappa shape index (κ1) is 24.0. The fourth-order valence-corrected chi connectivity index (χ4v) is 5.41. The monoisotopic (exact) mass is 454 g/mol. The number of halogens is 4. The second kappa shape index (κ2) is 8.81. The molecule has 10 heteroatoms. The Hall–Kier alpha value is -1.32. The highest BCUT2D eigenvalue weighted by Gasteiger charge is 2.38. The Morgan fingerprint density at radius 2 is 1.66 bits per heavy atom. The predicted molar refractivity (Wildman–Crippen MR) is 105 cm³/mol. The van der Waals surface area contributed by atoms with Crippen LogP contribution in [0.25, 0.3) is 0 Å². The molecule has 1 aliphatic rings. The lowest BCUT2D eigenvalue weighted by Gasteiger charge is -2.37. The van der Waals surface area contributed by atoms with Gasteiger partial charge in [0.1, 0.15) is 0 Å². The molecule has 1 aromatic carbocycles. The third kappa shape index (κ3) is 5.24. The molecule has 1 saturated heterocycles. The molecule has 0 spiro atoms. The Kier molecular flexibility index (Phi) is 7.28. The van der Waals surface area contributed by atoms with E-state index in [0.717, 1.165) is 16.4 Å². The zero-order valence-corrected chi connectivity index (χ0v) is 18.4. The molecule has 1 amide bonds. The summed E-state index contributed by atoms with van der Waals surface area (Å²) in [5.74, 6) is -0.319. The first-order chi connectivity index (χ1) is 13.3. The van der Waals surface area contributed by atoms with Crippen LogP contribution in [-0.4, -0.2) is 48.7 Å². The maximum absolute atomic E-state index is 13.1. The minimum Gasteiger partial charge on any atom is -0.338 e. The van der Waals surface area contributed by atoms with Gasteiger partial charge in [0.2, 0.25) is 15.9 Å². The van der Waals surface area contributed by atoms with Gasteiger partial charge in [-0.2, -0.15) is 17.5 Å². The van der Waals surface area contributed by atoms with Crippen LogP contribution in [0.2, 0.25) is 5.02 Å². The Balaban J connectivity index is 2.17. The van der Waals surface area contributed by atoms with Crippen molar-refractivity contribution in [3.8, 4) is 0 Å². The molecule has 29 heavy (non-hydrogen) atoms. The van der Waals surface area contributed by atoms with E-state index < -0.39 is 31.7 Å². The van der Waals surface area contributed by atoms with Crippen molar-refractivity contribution in [1.82, 2.24) is 9.21 Å². The Morgan fingerprint density at radius 3 is 2.10 bits per heavy atom. The van der Waals surface area contributed by atoms with Gasteiger partial charge in [-0.15, -0.1) is 0 Å². The average Bonchev–Trinajstić information content (AvgIpc) is 2.60. The molecule has 0 aliphatic carbocycles. The van der Waals surface area contributed by atoms with Gasteiger partial charge in [-0.25, -0.2) is 8.42 Å². The van der Waals surface area contributed by atoms with Gasteiger partial charge >= 0.3 is 6.18 Å². The van der Waals surface area contributed by atoms with E-state index >= 15 is 0 Å². The van der Waals surface area contributed by atoms with Gasteiger partial charge in [-0.05, 0) is 58.7 Å². The molecule has 1 aliphatic heterocycles. The van der Waals surface area contributed by atoms with Gasteiger partial charge in [0, 0.05) is 31.1 Å². The van der Waals surface area contributed by atoms with Crippen LogP contribution in [0, 0.1) is 5.92 Å². The van der Waals surface area contributed by atoms with E-state index in [2.05, 4.69) is 0 Å². The number of hydrogen-bond donors (Lipinski definition) is 0. The standard InChI is InChI=1S/C19H26ClF3N2O3S/c1-12(2)25(13(3)4)18(26)14-7-9-24(10-8-14)29(27,28)15-5-6-17(20)16(11-15)19(21,22)23/h5-6,11-14H,7-10H2,1-4H3. The molecule has 0 radical (unpaired) electrons. The maximum Gasteiger partial charge on any atom is 0.417 e. The van der Waals surface area contributed by atoms with Crippen molar-refractivity contribution in [3.05, 3.63) is 28.8 Å². The van der Waals surface area contributed by atoms with Gasteiger partial charge in [0.15, 0.2) is 0 Å². The largest absolute Gasteiger partial charge is 0.417 e. The number of alkyl halides is 3. The molecule has 0 unspecified atom stereocenters. The fourth-order valence-electron chi connectivity index (χ4n) is 3.69. The van der Waals surface area contributed by atoms with E-state index in [9.17, 15) is 26.4 Å². The molecule has 0 N–H and O–H groups in total. The summed E-state index contributed by atoms with van der Waals surface area (Å²) in [6.07, 6.45) is -4.10. The van der Waals surface area contributed by atoms with Gasteiger partial charge in [-0.1, -0.05) is 11.6 Å². The fraction of sp³-hybridized carbons (Fsp3) is 0.632. The third-order valence-electron chi connectivity index (χ3n) is 5.05. The number of carbonyl (C=O) groups excluding carboxylic acids is 1. The van der Waals surface area contributed by atoms with Crippen molar-refractivity contribution >= 4 is 27.5 Å². The lowest BCUT2D eigenvalue weighted by atomic mass is 9.95. The highest BCUT2D eigenvalue weighted by Crippen LogP contribution is 2.37. The van der Waals surface area contributed by atoms with Gasteiger partial charge in [-0.3, -0.25) is 4.79 Å². The summed E-state index contributed by atoms with van der Waals surface area (Å²) in [7, 11) is -4.11. The van der Waals surface area contributed by atoms with Crippen LogP contribution >= 0.6 is 11.6 Å². The van der Waals surface area contributed by atoms with Gasteiger partial charge in [0.05, 0.1) is 15.5 Å². The molecule has 0 bridgehead atoms. The van der Waals surface area contributed by atoms with Gasteiger partial charge in [0.25, 0.3) is 0 Å². The molecule has 2 rings (SSSR count). The number of rotatable bonds is 5. The van der Waals surface area contributed by atoms with E-state index in [1.165, 1.54) is 0 Å². The highest BCUT2D eigenvalue weighted by atomic mass is 35.5.